The van der Waals surface area contributed by atoms with E-state index in [1.807, 2.05) is 24.3 Å². The number of aliphatic hydroxyl groups excluding tert-OH is 1. The number of hydrogen-bond acceptors (Lipinski definition) is 5. The van der Waals surface area contributed by atoms with Crippen LogP contribution >= 0.6 is 27.5 Å². The molecule has 32 heavy (non-hydrogen) atoms. The Morgan fingerprint density at radius 3 is 2.34 bits per heavy atom. The van der Waals surface area contributed by atoms with Gasteiger partial charge in [-0.1, -0.05) is 39.7 Å². The maximum atomic E-state index is 13.0. The average Bonchev–Trinajstić information content (AvgIpc) is 3.05. The van der Waals surface area contributed by atoms with E-state index in [2.05, 4.69) is 20.8 Å². The van der Waals surface area contributed by atoms with Crippen LogP contribution in [0.25, 0.3) is 5.76 Å². The molecule has 2 heterocycles. The van der Waals surface area contributed by atoms with Crippen LogP contribution in [0, 0.1) is 0 Å². The molecule has 0 aromatic heterocycles. The zero-order valence-electron chi connectivity index (χ0n) is 17.5. The van der Waals surface area contributed by atoms with Gasteiger partial charge in [-0.3, -0.25) is 14.5 Å². The molecule has 8 heteroatoms. The van der Waals surface area contributed by atoms with Gasteiger partial charge in [-0.2, -0.15) is 0 Å². The highest BCUT2D eigenvalue weighted by atomic mass is 79.9. The highest BCUT2D eigenvalue weighted by Gasteiger charge is 2.45. The topological polar surface area (TPSA) is 70.1 Å². The van der Waals surface area contributed by atoms with Crippen molar-refractivity contribution in [1.82, 2.24) is 9.80 Å². The van der Waals surface area contributed by atoms with Crippen molar-refractivity contribution >= 4 is 45.0 Å². The molecular formula is C24H24BrClN2O4. The van der Waals surface area contributed by atoms with Crippen molar-refractivity contribution in [2.45, 2.75) is 12.5 Å². The van der Waals surface area contributed by atoms with E-state index in [1.54, 1.807) is 29.2 Å². The first-order chi connectivity index (χ1) is 15.5. The summed E-state index contributed by atoms with van der Waals surface area (Å²) in [6.07, 6.45) is 0.723. The number of ether oxygens (including phenoxy) is 1. The molecule has 168 valence electrons. The van der Waals surface area contributed by atoms with Gasteiger partial charge in [-0.15, -0.1) is 0 Å². The van der Waals surface area contributed by atoms with Gasteiger partial charge in [0, 0.05) is 41.2 Å². The van der Waals surface area contributed by atoms with Gasteiger partial charge in [-0.25, -0.2) is 0 Å². The van der Waals surface area contributed by atoms with Crippen molar-refractivity contribution in [2.75, 3.05) is 39.4 Å². The molecule has 1 atom stereocenters. The lowest BCUT2D eigenvalue weighted by atomic mass is 9.95. The van der Waals surface area contributed by atoms with Crippen molar-refractivity contribution in [1.29, 1.82) is 0 Å². The number of benzene rings is 2. The molecule has 2 saturated heterocycles. The van der Waals surface area contributed by atoms with Crippen LogP contribution in [-0.2, 0) is 14.3 Å². The molecule has 2 aromatic rings. The first kappa shape index (κ1) is 23.0. The Kier molecular flexibility index (Phi) is 7.30. The average molecular weight is 520 g/mol. The number of ketones is 1. The number of carbonyl (C=O) groups is 2. The normalized spacial score (nSPS) is 21.3. The number of halogens is 2. The van der Waals surface area contributed by atoms with E-state index in [0.717, 1.165) is 36.1 Å². The third-order valence-electron chi connectivity index (χ3n) is 5.82. The summed E-state index contributed by atoms with van der Waals surface area (Å²) in [5, 5.41) is 11.6. The summed E-state index contributed by atoms with van der Waals surface area (Å²) in [4.78, 5) is 29.9. The Hall–Kier alpha value is -2.19. The van der Waals surface area contributed by atoms with Gasteiger partial charge in [-0.05, 0) is 48.4 Å². The first-order valence-corrected chi connectivity index (χ1v) is 11.7. The fraction of sp³-hybridized carbons (Fsp3) is 0.333. The van der Waals surface area contributed by atoms with Gasteiger partial charge in [0.15, 0.2) is 0 Å². The SMILES string of the molecule is O=C1C(=O)N(CCCN2CCOCC2)[C@@H](c2ccc(Br)cc2)C1=C(O)c1ccc(Cl)cc1. The Bertz CT molecular complexity index is 1020. The van der Waals surface area contributed by atoms with E-state index in [9.17, 15) is 14.7 Å². The minimum absolute atomic E-state index is 0.103. The maximum Gasteiger partial charge on any atom is 0.295 e. The monoisotopic (exact) mass is 518 g/mol. The van der Waals surface area contributed by atoms with Gasteiger partial charge < -0.3 is 14.7 Å². The number of morpholine rings is 1. The van der Waals surface area contributed by atoms with Gasteiger partial charge in [0.2, 0.25) is 0 Å². The highest BCUT2D eigenvalue weighted by Crippen LogP contribution is 2.39. The third kappa shape index (κ3) is 4.91. The molecule has 1 amide bonds. The maximum absolute atomic E-state index is 13.0. The molecule has 2 aliphatic rings. The summed E-state index contributed by atoms with van der Waals surface area (Å²) in [6.45, 7) is 4.39. The molecule has 2 aromatic carbocycles. The largest absolute Gasteiger partial charge is 0.507 e. The van der Waals surface area contributed by atoms with Crippen LogP contribution in [0.2, 0.25) is 5.02 Å². The van der Waals surface area contributed by atoms with Gasteiger partial charge in [0.25, 0.3) is 11.7 Å². The molecule has 0 saturated carbocycles. The Morgan fingerprint density at radius 1 is 1.03 bits per heavy atom. The molecule has 0 spiro atoms. The second kappa shape index (κ2) is 10.2. The van der Waals surface area contributed by atoms with E-state index in [4.69, 9.17) is 16.3 Å². The Morgan fingerprint density at radius 2 is 1.69 bits per heavy atom. The van der Waals surface area contributed by atoms with Crippen molar-refractivity contribution in [3.8, 4) is 0 Å². The number of nitrogens with zero attached hydrogens (tertiary/aromatic N) is 2. The minimum Gasteiger partial charge on any atom is -0.507 e. The quantitative estimate of drug-likeness (QED) is 0.351. The van der Waals surface area contributed by atoms with E-state index in [1.165, 1.54) is 0 Å². The first-order valence-electron chi connectivity index (χ1n) is 10.6. The molecule has 0 aliphatic carbocycles. The zero-order chi connectivity index (χ0) is 22.7. The Balaban J connectivity index is 1.66. The molecule has 0 radical (unpaired) electrons. The van der Waals surface area contributed by atoms with Crippen molar-refractivity contribution in [3.63, 3.8) is 0 Å². The number of amides is 1. The summed E-state index contributed by atoms with van der Waals surface area (Å²) in [6, 6.07) is 13.4. The molecular weight excluding hydrogens is 496 g/mol. The number of likely N-dealkylation sites (tertiary alicyclic amines) is 1. The summed E-state index contributed by atoms with van der Waals surface area (Å²) in [5.41, 5.74) is 1.32. The van der Waals surface area contributed by atoms with Crippen LogP contribution in [-0.4, -0.2) is 66.0 Å². The van der Waals surface area contributed by atoms with Crippen LogP contribution in [0.5, 0.6) is 0 Å². The standard InChI is InChI=1S/C24H24BrClN2O4/c25-18-6-2-16(3-7-18)21-20(22(29)17-4-8-19(26)9-5-17)23(30)24(31)28(21)11-1-10-27-12-14-32-15-13-27/h2-9,21,29H,1,10-15H2/t21-/m0/s1. The summed E-state index contributed by atoms with van der Waals surface area (Å²) >= 11 is 9.40. The van der Waals surface area contributed by atoms with Crippen LogP contribution in [0.1, 0.15) is 23.6 Å². The zero-order valence-corrected chi connectivity index (χ0v) is 19.8. The molecule has 1 N–H and O–H groups in total. The van der Waals surface area contributed by atoms with E-state index >= 15 is 0 Å². The van der Waals surface area contributed by atoms with Crippen LogP contribution in [0.4, 0.5) is 0 Å². The van der Waals surface area contributed by atoms with E-state index < -0.39 is 17.7 Å². The fourth-order valence-corrected chi connectivity index (χ4v) is 4.55. The van der Waals surface area contributed by atoms with Crippen molar-refractivity contribution in [3.05, 3.63) is 74.7 Å². The van der Waals surface area contributed by atoms with E-state index in [-0.39, 0.29) is 11.3 Å². The molecule has 0 bridgehead atoms. The van der Waals surface area contributed by atoms with Crippen LogP contribution in [0.3, 0.4) is 0 Å². The number of rotatable bonds is 6. The second-order valence-electron chi connectivity index (χ2n) is 7.86. The fourth-order valence-electron chi connectivity index (χ4n) is 4.15. The number of hydrogen-bond donors (Lipinski definition) is 1. The van der Waals surface area contributed by atoms with Gasteiger partial charge >= 0.3 is 0 Å². The predicted molar refractivity (Wildman–Crippen MR) is 126 cm³/mol. The number of carbonyl (C=O) groups excluding carboxylic acids is 2. The lowest BCUT2D eigenvalue weighted by Crippen LogP contribution is -2.38. The summed E-state index contributed by atoms with van der Waals surface area (Å²) in [5.74, 6) is -1.45. The van der Waals surface area contributed by atoms with Crippen LogP contribution in [0.15, 0.2) is 58.6 Å². The lowest BCUT2D eigenvalue weighted by molar-refractivity contribution is -0.140. The highest BCUT2D eigenvalue weighted by molar-refractivity contribution is 9.10. The lowest BCUT2D eigenvalue weighted by Gasteiger charge is -2.29. The van der Waals surface area contributed by atoms with Crippen LogP contribution < -0.4 is 0 Å². The van der Waals surface area contributed by atoms with Gasteiger partial charge in [0.05, 0.1) is 24.8 Å². The number of Topliss-reactive ketones (excluding diaryl/α,β-unsaturated/α-hetero) is 1. The van der Waals surface area contributed by atoms with Gasteiger partial charge in [0.1, 0.15) is 5.76 Å². The second-order valence-corrected chi connectivity index (χ2v) is 9.21. The molecule has 0 unspecified atom stereocenters. The predicted octanol–water partition coefficient (Wildman–Crippen LogP) is 4.25. The summed E-state index contributed by atoms with van der Waals surface area (Å²) < 4.78 is 6.28. The molecule has 6 nitrogen and oxygen atoms in total. The number of aliphatic hydroxyl groups is 1. The van der Waals surface area contributed by atoms with Crippen molar-refractivity contribution < 1.29 is 19.4 Å². The Labute approximate surface area is 200 Å². The molecule has 2 aliphatic heterocycles. The van der Waals surface area contributed by atoms with Crippen molar-refractivity contribution in [2.24, 2.45) is 0 Å². The minimum atomic E-state index is -0.670. The molecule has 4 rings (SSSR count). The molecule has 2 fully saturated rings. The smallest absolute Gasteiger partial charge is 0.295 e. The summed E-state index contributed by atoms with van der Waals surface area (Å²) in [7, 11) is 0. The third-order valence-corrected chi connectivity index (χ3v) is 6.60. The van der Waals surface area contributed by atoms with E-state index in [0.29, 0.717) is 30.3 Å².